The van der Waals surface area contributed by atoms with Gasteiger partial charge < -0.3 is 0 Å². The fourth-order valence-corrected chi connectivity index (χ4v) is 0.250. The first-order valence-electron chi connectivity index (χ1n) is 14.8. The van der Waals surface area contributed by atoms with Crippen LogP contribution >= 0.6 is 0 Å². The van der Waals surface area contributed by atoms with Crippen LogP contribution in [0.15, 0.2) is 12.6 Å². The average Bonchev–Trinajstić information content (AvgIpc) is 2.64. The Morgan fingerprint density at radius 2 is 1.92 bits per heavy atom. The molecule has 0 saturated carbocycles. The summed E-state index contributed by atoms with van der Waals surface area (Å²) in [6.07, 6.45) is -40.2. The minimum atomic E-state index is -4.69. The van der Waals surface area contributed by atoms with Crippen LogP contribution in [0.3, 0.4) is 0 Å². The Kier molecular flexibility index (Phi) is 1.00. The van der Waals surface area contributed by atoms with Crippen LogP contribution in [-0.4, -0.2) is 0 Å². The summed E-state index contributed by atoms with van der Waals surface area (Å²) in [6.45, 7) is -5.61. The van der Waals surface area contributed by atoms with Gasteiger partial charge in [-0.15, -0.1) is 6.53 Å². The Hall–Kier alpha value is -0.260. The van der Waals surface area contributed by atoms with Gasteiger partial charge in [0.25, 0.3) is 0 Å². The standard InChI is InChI=1S/C12H24/c1-3-5-7-9-11-12-10-8-6-4-2/h3H,1,4-12H2,2H3/i1+1D2,2D3,3+1D,4D2,5D2,6D2,7D2,8D2,9D2,10D2,11D2,12D2. The van der Waals surface area contributed by atoms with Crippen LogP contribution in [0.1, 0.15) is 97.1 Å². The normalized spacial score (nSPS) is 51.0. The molecule has 0 nitrogen and oxygen atoms in total. The Morgan fingerprint density at radius 1 is 1.25 bits per heavy atom. The van der Waals surface area contributed by atoms with Crippen LogP contribution in [0.2, 0.25) is 0 Å². The highest BCUT2D eigenvalue weighted by atomic mass is 14.1. The molecule has 0 atom stereocenters. The lowest BCUT2D eigenvalue weighted by Crippen LogP contribution is -1.79. The number of allylic oxidation sites excluding steroid dienone is 1. The molecule has 0 aliphatic rings. The molecule has 0 fully saturated rings. The first-order chi connectivity index (χ1) is 15.1. The van der Waals surface area contributed by atoms with Crippen molar-refractivity contribution in [3.63, 3.8) is 0 Å². The second-order valence-electron chi connectivity index (χ2n) is 1.25. The SMILES string of the molecule is [2H][13C]([2H])=[13C]([2H])C([2H])([2H])C([2H])([2H])C([2H])([2H])C([2H])([2H])C([2H])([2H])C([2H])([2H])C([2H])([2H])C([2H])([2H])C([2H])([2H])C([2H])([2H])[2H]. The molecule has 0 heteroatoms. The molecule has 0 aliphatic heterocycles. The van der Waals surface area contributed by atoms with E-state index in [0.717, 1.165) is 0 Å². The Bertz CT molecular complexity index is 849. The predicted octanol–water partition coefficient (Wildman–Crippen LogP) is 4.70. The first kappa shape index (κ1) is 1.12. The predicted molar refractivity (Wildman–Crippen MR) is 57.4 cm³/mol. The zero-order chi connectivity index (χ0) is 30.2. The number of hydrogen-bond acceptors (Lipinski definition) is 0. The van der Waals surface area contributed by atoms with Gasteiger partial charge in [0.05, 0.1) is 4.11 Å². The molecule has 0 spiro atoms. The molecular weight excluding hydrogens is 146 g/mol. The Morgan fingerprint density at radius 3 is 2.58 bits per heavy atom. The summed E-state index contributed by atoms with van der Waals surface area (Å²) in [6, 6.07) is -1.80. The van der Waals surface area contributed by atoms with Crippen molar-refractivity contribution < 1.29 is 32.9 Å². The van der Waals surface area contributed by atoms with Crippen molar-refractivity contribution >= 4 is 0 Å². The maximum Gasteiger partial charge on any atom is 0.0570 e. The smallest absolute Gasteiger partial charge is 0.0570 e. The van der Waals surface area contributed by atoms with Gasteiger partial charge in [0, 0.05) is 28.8 Å². The van der Waals surface area contributed by atoms with Gasteiger partial charge in [-0.25, -0.2) is 0 Å². The number of hydrogen-bond donors (Lipinski definition) is 0. The zero-order valence-corrected chi connectivity index (χ0v) is 6.00. The molecule has 0 aromatic heterocycles. The van der Waals surface area contributed by atoms with E-state index in [1.54, 1.807) is 0 Å². The van der Waals surface area contributed by atoms with E-state index in [1.165, 1.54) is 0 Å². The van der Waals surface area contributed by atoms with Gasteiger partial charge in [0.1, 0.15) is 0 Å². The summed E-state index contributed by atoms with van der Waals surface area (Å²) < 4.78 is 183. The van der Waals surface area contributed by atoms with Crippen LogP contribution in [0.25, 0.3) is 0 Å². The van der Waals surface area contributed by atoms with Crippen LogP contribution < -0.4 is 0 Å². The van der Waals surface area contributed by atoms with E-state index in [1.807, 2.05) is 0 Å². The summed E-state index contributed by atoms with van der Waals surface area (Å²) in [7, 11) is 0. The summed E-state index contributed by atoms with van der Waals surface area (Å²) in [4.78, 5) is 0. The van der Waals surface area contributed by atoms with Crippen LogP contribution in [0.4, 0.5) is 0 Å². The molecule has 0 bridgehead atoms. The summed E-state index contributed by atoms with van der Waals surface area (Å²) in [5, 5.41) is 0. The topological polar surface area (TPSA) is 0 Å². The van der Waals surface area contributed by atoms with Gasteiger partial charge in [-0.05, 0) is 12.7 Å². The minimum absolute atomic E-state index is 1.66. The third-order valence-corrected chi connectivity index (χ3v) is 0.562. The van der Waals surface area contributed by atoms with Crippen molar-refractivity contribution in [2.45, 2.75) is 64.2 Å². The maximum absolute atomic E-state index is 7.94. The van der Waals surface area contributed by atoms with E-state index in [-0.39, 0.29) is 0 Å². The molecule has 72 valence electrons. The quantitative estimate of drug-likeness (QED) is 0.368. The van der Waals surface area contributed by atoms with E-state index < -0.39 is 76.8 Å². The molecular formula is C12H24. The molecule has 0 unspecified atom stereocenters. The van der Waals surface area contributed by atoms with Gasteiger partial charge in [-0.1, -0.05) is 57.5 Å². The molecule has 0 heterocycles. The highest BCUT2D eigenvalue weighted by Gasteiger charge is 1.89. The van der Waals surface area contributed by atoms with Gasteiger partial charge in [-0.3, -0.25) is 0 Å². The molecule has 0 radical (unpaired) electrons. The lowest BCUT2D eigenvalue weighted by molar-refractivity contribution is 0.578. The van der Waals surface area contributed by atoms with Crippen molar-refractivity contribution in [2.75, 3.05) is 0 Å². The first-order valence-corrected chi connectivity index (χ1v) is 2.75. The van der Waals surface area contributed by atoms with E-state index in [0.29, 0.717) is 0 Å². The summed E-state index contributed by atoms with van der Waals surface area (Å²) in [5.41, 5.74) is 0. The highest BCUT2D eigenvalue weighted by Crippen LogP contribution is 2.09. The molecule has 0 amide bonds. The van der Waals surface area contributed by atoms with Crippen molar-refractivity contribution in [1.29, 1.82) is 0 Å². The van der Waals surface area contributed by atoms with E-state index >= 15 is 0 Å². The zero-order valence-electron chi connectivity index (χ0n) is 30.0. The molecule has 0 saturated heterocycles. The summed E-state index contributed by atoms with van der Waals surface area (Å²) in [5.74, 6) is 0. The van der Waals surface area contributed by atoms with Gasteiger partial charge in [0.2, 0.25) is 0 Å². The molecule has 0 aliphatic carbocycles. The van der Waals surface area contributed by atoms with Crippen LogP contribution in [-0.2, 0) is 0 Å². The monoisotopic (exact) mass is 194 g/mol. The number of rotatable bonds is 9. The second kappa shape index (κ2) is 10.7. The summed E-state index contributed by atoms with van der Waals surface area (Å²) >= 11 is 0. The largest absolute Gasteiger partial charge is 0.103 e. The van der Waals surface area contributed by atoms with Crippen molar-refractivity contribution in [1.82, 2.24) is 0 Å². The lowest BCUT2D eigenvalue weighted by atomic mass is 10.1. The van der Waals surface area contributed by atoms with Gasteiger partial charge in [-0.2, -0.15) is 0 Å². The third kappa shape index (κ3) is 9.74. The van der Waals surface area contributed by atoms with Crippen molar-refractivity contribution in [2.24, 2.45) is 0 Å². The minimum Gasteiger partial charge on any atom is -0.103 e. The van der Waals surface area contributed by atoms with Crippen molar-refractivity contribution in [3.05, 3.63) is 12.6 Å². The van der Waals surface area contributed by atoms with Gasteiger partial charge in [0.15, 0.2) is 0 Å². The van der Waals surface area contributed by atoms with Crippen molar-refractivity contribution in [3.8, 4) is 0 Å². The Balaban J connectivity index is 7.21. The highest BCUT2D eigenvalue weighted by molar-refractivity contribution is 4.65. The lowest BCUT2D eigenvalue weighted by Gasteiger charge is -1.99. The second-order valence-corrected chi connectivity index (χ2v) is 1.25. The fraction of sp³-hybridized carbons (Fsp3) is 0.833. The Labute approximate surface area is 112 Å². The maximum atomic E-state index is 7.94. The van der Waals surface area contributed by atoms with Crippen LogP contribution in [0.5, 0.6) is 0 Å². The fourth-order valence-electron chi connectivity index (χ4n) is 0.250. The van der Waals surface area contributed by atoms with E-state index in [4.69, 9.17) is 32.9 Å². The molecule has 0 aromatic rings. The van der Waals surface area contributed by atoms with E-state index in [9.17, 15) is 0 Å². The molecule has 12 heavy (non-hydrogen) atoms. The molecule has 0 rings (SSSR count). The van der Waals surface area contributed by atoms with E-state index in [2.05, 4.69) is 0 Å². The third-order valence-electron chi connectivity index (χ3n) is 0.562. The molecule has 0 aromatic carbocycles. The molecule has 0 N–H and O–H groups in total. The average molecular weight is 194 g/mol. The van der Waals surface area contributed by atoms with Gasteiger partial charge >= 0.3 is 0 Å². The van der Waals surface area contributed by atoms with Crippen LogP contribution in [0, 0.1) is 0 Å².